The molecule has 5 nitrogen and oxygen atoms in total. The SMILES string of the molecule is CCN(CC)c1ccc(Nc2cc(N3CCC(C)CC3)nc(C)n2)cc1. The Labute approximate surface area is 157 Å². The van der Waals surface area contributed by atoms with Gasteiger partial charge in [0.15, 0.2) is 0 Å². The van der Waals surface area contributed by atoms with Gasteiger partial charge in [0.1, 0.15) is 17.5 Å². The highest BCUT2D eigenvalue weighted by Gasteiger charge is 2.18. The van der Waals surface area contributed by atoms with Gasteiger partial charge in [0.25, 0.3) is 0 Å². The molecule has 1 aliphatic heterocycles. The lowest BCUT2D eigenvalue weighted by Crippen LogP contribution is -2.33. The number of piperidine rings is 1. The highest BCUT2D eigenvalue weighted by molar-refractivity contribution is 5.63. The number of nitrogens with zero attached hydrogens (tertiary/aromatic N) is 4. The van der Waals surface area contributed by atoms with E-state index in [-0.39, 0.29) is 0 Å². The van der Waals surface area contributed by atoms with Crippen molar-refractivity contribution in [1.29, 1.82) is 0 Å². The lowest BCUT2D eigenvalue weighted by molar-refractivity contribution is 0.436. The van der Waals surface area contributed by atoms with Crippen molar-refractivity contribution in [3.8, 4) is 0 Å². The van der Waals surface area contributed by atoms with Crippen LogP contribution in [0.25, 0.3) is 0 Å². The van der Waals surface area contributed by atoms with Crippen LogP contribution in [0.2, 0.25) is 0 Å². The molecule has 1 saturated heterocycles. The van der Waals surface area contributed by atoms with E-state index in [2.05, 4.69) is 76.2 Å². The molecule has 3 rings (SSSR count). The molecular formula is C21H31N5. The van der Waals surface area contributed by atoms with Crippen molar-refractivity contribution in [3.05, 3.63) is 36.2 Å². The average Bonchev–Trinajstić information content (AvgIpc) is 2.64. The predicted octanol–water partition coefficient (Wildman–Crippen LogP) is 4.61. The summed E-state index contributed by atoms with van der Waals surface area (Å²) in [7, 11) is 0. The summed E-state index contributed by atoms with van der Waals surface area (Å²) in [6, 6.07) is 10.6. The van der Waals surface area contributed by atoms with E-state index in [1.807, 2.05) is 6.92 Å². The van der Waals surface area contributed by atoms with Gasteiger partial charge in [-0.2, -0.15) is 0 Å². The Bertz CT molecular complexity index is 701. The van der Waals surface area contributed by atoms with Gasteiger partial charge in [-0.05, 0) is 63.8 Å². The lowest BCUT2D eigenvalue weighted by Gasteiger charge is -2.31. The first-order chi connectivity index (χ1) is 12.6. The minimum Gasteiger partial charge on any atom is -0.372 e. The minimum absolute atomic E-state index is 0.809. The summed E-state index contributed by atoms with van der Waals surface area (Å²) in [6.07, 6.45) is 2.47. The predicted molar refractivity (Wildman–Crippen MR) is 111 cm³/mol. The molecule has 2 heterocycles. The zero-order valence-electron chi connectivity index (χ0n) is 16.5. The van der Waals surface area contributed by atoms with Crippen LogP contribution in [0.4, 0.5) is 23.0 Å². The molecule has 26 heavy (non-hydrogen) atoms. The molecule has 140 valence electrons. The van der Waals surface area contributed by atoms with Crippen molar-refractivity contribution in [2.45, 2.75) is 40.5 Å². The summed E-state index contributed by atoms with van der Waals surface area (Å²) in [5, 5.41) is 3.44. The highest BCUT2D eigenvalue weighted by atomic mass is 15.2. The van der Waals surface area contributed by atoms with Gasteiger partial charge in [0.05, 0.1) is 0 Å². The Morgan fingerprint density at radius 1 is 1.08 bits per heavy atom. The zero-order chi connectivity index (χ0) is 18.5. The normalized spacial score (nSPS) is 15.2. The first-order valence-corrected chi connectivity index (χ1v) is 9.81. The molecule has 1 aromatic carbocycles. The average molecular weight is 354 g/mol. The zero-order valence-corrected chi connectivity index (χ0v) is 16.5. The second kappa shape index (κ2) is 8.39. The van der Waals surface area contributed by atoms with Crippen LogP contribution in [0.1, 0.15) is 39.4 Å². The number of nitrogens with one attached hydrogen (secondary N) is 1. The summed E-state index contributed by atoms with van der Waals surface area (Å²) in [5.41, 5.74) is 2.31. The van der Waals surface area contributed by atoms with E-state index in [4.69, 9.17) is 0 Å². The monoisotopic (exact) mass is 353 g/mol. The molecule has 0 unspecified atom stereocenters. The number of benzene rings is 1. The van der Waals surface area contributed by atoms with Crippen molar-refractivity contribution >= 4 is 23.0 Å². The third kappa shape index (κ3) is 4.45. The Hall–Kier alpha value is -2.30. The van der Waals surface area contributed by atoms with Crippen LogP contribution >= 0.6 is 0 Å². The molecule has 0 amide bonds. The van der Waals surface area contributed by atoms with E-state index in [0.29, 0.717) is 0 Å². The van der Waals surface area contributed by atoms with E-state index in [1.54, 1.807) is 0 Å². The molecule has 1 N–H and O–H groups in total. The van der Waals surface area contributed by atoms with Crippen molar-refractivity contribution in [2.75, 3.05) is 41.3 Å². The molecular weight excluding hydrogens is 322 g/mol. The molecule has 0 saturated carbocycles. The van der Waals surface area contributed by atoms with E-state index < -0.39 is 0 Å². The van der Waals surface area contributed by atoms with Crippen LogP contribution in [-0.4, -0.2) is 36.1 Å². The molecule has 0 aliphatic carbocycles. The molecule has 0 atom stereocenters. The van der Waals surface area contributed by atoms with Gasteiger partial charge in [-0.3, -0.25) is 0 Å². The van der Waals surface area contributed by atoms with Gasteiger partial charge in [0.2, 0.25) is 0 Å². The Balaban J connectivity index is 1.73. The Kier molecular flexibility index (Phi) is 5.96. The highest BCUT2D eigenvalue weighted by Crippen LogP contribution is 2.25. The van der Waals surface area contributed by atoms with Crippen LogP contribution in [0.15, 0.2) is 30.3 Å². The van der Waals surface area contributed by atoms with Crippen molar-refractivity contribution in [3.63, 3.8) is 0 Å². The van der Waals surface area contributed by atoms with E-state index in [9.17, 15) is 0 Å². The maximum absolute atomic E-state index is 4.65. The topological polar surface area (TPSA) is 44.3 Å². The first kappa shape index (κ1) is 18.5. The summed E-state index contributed by atoms with van der Waals surface area (Å²) < 4.78 is 0. The van der Waals surface area contributed by atoms with E-state index >= 15 is 0 Å². The first-order valence-electron chi connectivity index (χ1n) is 9.81. The van der Waals surface area contributed by atoms with Crippen LogP contribution < -0.4 is 15.1 Å². The second-order valence-electron chi connectivity index (χ2n) is 7.17. The van der Waals surface area contributed by atoms with Crippen LogP contribution in [-0.2, 0) is 0 Å². The number of hydrogen-bond acceptors (Lipinski definition) is 5. The van der Waals surface area contributed by atoms with Crippen molar-refractivity contribution in [2.24, 2.45) is 5.92 Å². The van der Waals surface area contributed by atoms with Gasteiger partial charge in [-0.25, -0.2) is 9.97 Å². The maximum atomic E-state index is 4.65. The number of anilines is 4. The van der Waals surface area contributed by atoms with Crippen molar-refractivity contribution in [1.82, 2.24) is 9.97 Å². The summed E-state index contributed by atoms with van der Waals surface area (Å²) in [6.45, 7) is 12.9. The Morgan fingerprint density at radius 2 is 1.73 bits per heavy atom. The largest absolute Gasteiger partial charge is 0.372 e. The second-order valence-corrected chi connectivity index (χ2v) is 7.17. The van der Waals surface area contributed by atoms with Crippen LogP contribution in [0.5, 0.6) is 0 Å². The molecule has 0 spiro atoms. The smallest absolute Gasteiger partial charge is 0.136 e. The molecule has 0 bridgehead atoms. The molecule has 1 fully saturated rings. The maximum Gasteiger partial charge on any atom is 0.136 e. The fraction of sp³-hybridized carbons (Fsp3) is 0.524. The van der Waals surface area contributed by atoms with Gasteiger partial charge in [0, 0.05) is 43.6 Å². The molecule has 5 heteroatoms. The molecule has 0 radical (unpaired) electrons. The van der Waals surface area contributed by atoms with Gasteiger partial charge in [-0.1, -0.05) is 6.92 Å². The number of aromatic nitrogens is 2. The number of rotatable bonds is 6. The van der Waals surface area contributed by atoms with Gasteiger partial charge < -0.3 is 15.1 Å². The van der Waals surface area contributed by atoms with Crippen LogP contribution in [0.3, 0.4) is 0 Å². The van der Waals surface area contributed by atoms with Gasteiger partial charge in [-0.15, -0.1) is 0 Å². The number of hydrogen-bond donors (Lipinski definition) is 1. The molecule has 1 aromatic heterocycles. The van der Waals surface area contributed by atoms with Crippen molar-refractivity contribution < 1.29 is 0 Å². The third-order valence-electron chi connectivity index (χ3n) is 5.20. The van der Waals surface area contributed by atoms with Crippen LogP contribution in [0, 0.1) is 12.8 Å². The molecule has 1 aliphatic rings. The summed E-state index contributed by atoms with van der Waals surface area (Å²) >= 11 is 0. The summed E-state index contributed by atoms with van der Waals surface area (Å²) in [4.78, 5) is 13.9. The minimum atomic E-state index is 0.809. The van der Waals surface area contributed by atoms with E-state index in [1.165, 1.54) is 18.5 Å². The number of aryl methyl sites for hydroxylation is 1. The van der Waals surface area contributed by atoms with Gasteiger partial charge >= 0.3 is 0 Å². The van der Waals surface area contributed by atoms with E-state index in [0.717, 1.165) is 55.2 Å². The fourth-order valence-corrected chi connectivity index (χ4v) is 3.51. The third-order valence-corrected chi connectivity index (χ3v) is 5.20. The summed E-state index contributed by atoms with van der Waals surface area (Å²) in [5.74, 6) is 3.52. The molecule has 2 aromatic rings. The quantitative estimate of drug-likeness (QED) is 0.821. The Morgan fingerprint density at radius 3 is 2.35 bits per heavy atom. The lowest BCUT2D eigenvalue weighted by atomic mass is 9.99. The fourth-order valence-electron chi connectivity index (χ4n) is 3.51. The standard InChI is InChI=1S/C21H31N5/c1-5-25(6-2)19-9-7-18(8-10-19)24-20-15-21(23-17(4)22-20)26-13-11-16(3)12-14-26/h7-10,15-16H,5-6,11-14H2,1-4H3,(H,22,23,24).